The Bertz CT molecular complexity index is 763. The van der Waals surface area contributed by atoms with E-state index in [-0.39, 0.29) is 12.2 Å². The van der Waals surface area contributed by atoms with Crippen molar-refractivity contribution in [2.75, 3.05) is 12.4 Å². The molecule has 0 saturated heterocycles. The number of nitrogens with one attached hydrogen (secondary N) is 3. The van der Waals surface area contributed by atoms with Gasteiger partial charge in [0.15, 0.2) is 0 Å². The van der Waals surface area contributed by atoms with Crippen molar-refractivity contribution in [2.45, 2.75) is 43.6 Å². The number of rotatable bonds is 12. The van der Waals surface area contributed by atoms with Crippen molar-refractivity contribution in [2.24, 2.45) is 5.73 Å². The summed E-state index contributed by atoms with van der Waals surface area (Å²) in [6.45, 7) is 0.418. The molecular weight excluding hydrogens is 428 g/mol. The van der Waals surface area contributed by atoms with Crippen LogP contribution in [0.4, 0.5) is 0 Å². The largest absolute Gasteiger partial charge is 0.480 e. The molecule has 0 fully saturated rings. The highest BCUT2D eigenvalue weighted by molar-refractivity contribution is 7.80. The normalized spacial score (nSPS) is 15.6. The van der Waals surface area contributed by atoms with Gasteiger partial charge in [-0.2, -0.15) is 12.6 Å². The van der Waals surface area contributed by atoms with E-state index in [2.05, 4.69) is 28.6 Å². The van der Waals surface area contributed by atoms with Crippen LogP contribution in [0.25, 0.3) is 0 Å². The van der Waals surface area contributed by atoms with Crippen molar-refractivity contribution in [1.82, 2.24) is 16.0 Å². The molecule has 5 unspecified atom stereocenters. The molecule has 3 amide bonds. The van der Waals surface area contributed by atoms with Crippen LogP contribution in [0, 0.1) is 0 Å². The van der Waals surface area contributed by atoms with Crippen LogP contribution in [0.2, 0.25) is 0 Å². The number of carbonyl (C=O) groups is 4. The van der Waals surface area contributed by atoms with Crippen LogP contribution in [0.1, 0.15) is 12.5 Å². The molecule has 0 heterocycles. The Morgan fingerprint density at radius 2 is 1.58 bits per heavy atom. The fraction of sp³-hybridized carbons (Fsp3) is 0.474. The minimum atomic E-state index is -1.53. The highest BCUT2D eigenvalue weighted by atomic mass is 32.1. The SMILES string of the molecule is CC(O)C(NC(=O)C(CO)NC(=O)C(N)Cc1ccccc1)C(=O)NC(CS)C(=O)O. The van der Waals surface area contributed by atoms with E-state index in [9.17, 15) is 29.4 Å². The average Bonchev–Trinajstić information content (AvgIpc) is 2.73. The Morgan fingerprint density at radius 3 is 2.06 bits per heavy atom. The molecule has 0 aromatic heterocycles. The lowest BCUT2D eigenvalue weighted by Gasteiger charge is -2.25. The molecule has 0 saturated carbocycles. The summed E-state index contributed by atoms with van der Waals surface area (Å²) in [6, 6.07) is 3.65. The monoisotopic (exact) mass is 456 g/mol. The number of carbonyl (C=O) groups excluding carboxylic acids is 3. The molecule has 1 aromatic carbocycles. The van der Waals surface area contributed by atoms with Gasteiger partial charge in [-0.05, 0) is 18.9 Å². The van der Waals surface area contributed by atoms with Gasteiger partial charge in [-0.1, -0.05) is 30.3 Å². The Labute approximate surface area is 184 Å². The first-order valence-corrected chi connectivity index (χ1v) is 10.1. The third-order valence-corrected chi connectivity index (χ3v) is 4.68. The lowest BCUT2D eigenvalue weighted by Crippen LogP contribution is -2.60. The van der Waals surface area contributed by atoms with Crippen LogP contribution in [0.5, 0.6) is 0 Å². The van der Waals surface area contributed by atoms with E-state index in [1.807, 2.05) is 6.07 Å². The minimum Gasteiger partial charge on any atom is -0.480 e. The minimum absolute atomic E-state index is 0.200. The zero-order valence-corrected chi connectivity index (χ0v) is 17.8. The molecule has 8 N–H and O–H groups in total. The van der Waals surface area contributed by atoms with E-state index in [1.54, 1.807) is 24.3 Å². The van der Waals surface area contributed by atoms with Gasteiger partial charge in [0.2, 0.25) is 17.7 Å². The number of carboxylic acids is 1. The average molecular weight is 457 g/mol. The molecule has 0 radical (unpaired) electrons. The van der Waals surface area contributed by atoms with Gasteiger partial charge < -0.3 is 37.0 Å². The quantitative estimate of drug-likeness (QED) is 0.157. The van der Waals surface area contributed by atoms with E-state index < -0.39 is 60.6 Å². The maximum Gasteiger partial charge on any atom is 0.327 e. The standard InChI is InChI=1S/C19H28N4O7S/c1-10(25)15(18(28)22-14(9-31)19(29)30)23-17(27)13(8-24)21-16(26)12(20)7-11-5-3-2-4-6-11/h2-6,10,12-15,24-25,31H,7-9,20H2,1H3,(H,21,26)(H,22,28)(H,23,27)(H,29,30). The summed E-state index contributed by atoms with van der Waals surface area (Å²) in [6.07, 6.45) is -1.19. The van der Waals surface area contributed by atoms with Gasteiger partial charge in [-0.15, -0.1) is 0 Å². The van der Waals surface area contributed by atoms with Crippen molar-refractivity contribution >= 4 is 36.3 Å². The molecular formula is C19H28N4O7S. The summed E-state index contributed by atoms with van der Waals surface area (Å²) in [4.78, 5) is 48.1. The Balaban J connectivity index is 2.76. The van der Waals surface area contributed by atoms with Crippen LogP contribution in [0.15, 0.2) is 30.3 Å². The van der Waals surface area contributed by atoms with Gasteiger partial charge in [0.05, 0.1) is 18.8 Å². The maximum atomic E-state index is 12.5. The lowest BCUT2D eigenvalue weighted by atomic mass is 10.1. The van der Waals surface area contributed by atoms with Crippen molar-refractivity contribution in [3.63, 3.8) is 0 Å². The van der Waals surface area contributed by atoms with Gasteiger partial charge in [0.1, 0.15) is 18.1 Å². The fourth-order valence-electron chi connectivity index (χ4n) is 2.54. The van der Waals surface area contributed by atoms with Crippen molar-refractivity contribution in [3.8, 4) is 0 Å². The molecule has 0 aliphatic rings. The second-order valence-corrected chi connectivity index (χ2v) is 7.21. The molecule has 0 aliphatic heterocycles. The first-order valence-electron chi connectivity index (χ1n) is 9.43. The van der Waals surface area contributed by atoms with Crippen LogP contribution in [-0.2, 0) is 25.6 Å². The van der Waals surface area contributed by atoms with E-state index in [0.29, 0.717) is 0 Å². The predicted molar refractivity (Wildman–Crippen MR) is 114 cm³/mol. The third kappa shape index (κ3) is 8.53. The molecule has 31 heavy (non-hydrogen) atoms. The lowest BCUT2D eigenvalue weighted by molar-refractivity contribution is -0.142. The number of benzene rings is 1. The third-order valence-electron chi connectivity index (χ3n) is 4.31. The summed E-state index contributed by atoms with van der Waals surface area (Å²) in [5.74, 6) is -4.17. The molecule has 5 atom stereocenters. The molecule has 1 rings (SSSR count). The van der Waals surface area contributed by atoms with Crippen LogP contribution < -0.4 is 21.7 Å². The maximum absolute atomic E-state index is 12.5. The van der Waals surface area contributed by atoms with Crippen LogP contribution in [0.3, 0.4) is 0 Å². The van der Waals surface area contributed by atoms with Crippen LogP contribution >= 0.6 is 12.6 Å². The molecule has 0 bridgehead atoms. The second kappa shape index (κ2) is 12.9. The number of aliphatic hydroxyl groups is 2. The molecule has 1 aromatic rings. The zero-order valence-electron chi connectivity index (χ0n) is 16.9. The fourth-order valence-corrected chi connectivity index (χ4v) is 2.79. The number of amides is 3. The first-order chi connectivity index (χ1) is 14.6. The van der Waals surface area contributed by atoms with Gasteiger partial charge >= 0.3 is 5.97 Å². The Kier molecular flexibility index (Phi) is 11.0. The number of thiol groups is 1. The van der Waals surface area contributed by atoms with E-state index in [1.165, 1.54) is 6.92 Å². The van der Waals surface area contributed by atoms with Gasteiger partial charge in [0, 0.05) is 5.75 Å². The van der Waals surface area contributed by atoms with Gasteiger partial charge in [-0.3, -0.25) is 14.4 Å². The topological polar surface area (TPSA) is 191 Å². The van der Waals surface area contributed by atoms with Crippen molar-refractivity contribution in [1.29, 1.82) is 0 Å². The number of aliphatic hydroxyl groups excluding tert-OH is 2. The summed E-state index contributed by atoms with van der Waals surface area (Å²) >= 11 is 3.82. The Hall–Kier alpha value is -2.67. The number of hydrogen-bond acceptors (Lipinski definition) is 8. The van der Waals surface area contributed by atoms with E-state index in [0.717, 1.165) is 5.56 Å². The smallest absolute Gasteiger partial charge is 0.327 e. The predicted octanol–water partition coefficient (Wildman–Crippen LogP) is -2.60. The number of nitrogens with two attached hydrogens (primary N) is 1. The molecule has 172 valence electrons. The van der Waals surface area contributed by atoms with E-state index >= 15 is 0 Å². The summed E-state index contributed by atoms with van der Waals surface area (Å²) in [7, 11) is 0. The number of aliphatic carboxylic acids is 1. The number of hydrogen-bond donors (Lipinski definition) is 8. The number of carboxylic acid groups (broad SMARTS) is 1. The first kappa shape index (κ1) is 26.4. The van der Waals surface area contributed by atoms with Gasteiger partial charge in [-0.25, -0.2) is 4.79 Å². The highest BCUT2D eigenvalue weighted by Crippen LogP contribution is 2.03. The van der Waals surface area contributed by atoms with Crippen molar-refractivity contribution < 1.29 is 34.5 Å². The molecule has 0 spiro atoms. The molecule has 11 nitrogen and oxygen atoms in total. The van der Waals surface area contributed by atoms with Crippen molar-refractivity contribution in [3.05, 3.63) is 35.9 Å². The summed E-state index contributed by atoms with van der Waals surface area (Å²) in [5.41, 5.74) is 6.66. The highest BCUT2D eigenvalue weighted by Gasteiger charge is 2.32. The van der Waals surface area contributed by atoms with Gasteiger partial charge in [0.25, 0.3) is 0 Å². The molecule has 12 heteroatoms. The zero-order chi connectivity index (χ0) is 23.6. The van der Waals surface area contributed by atoms with E-state index in [4.69, 9.17) is 10.8 Å². The Morgan fingerprint density at radius 1 is 1.00 bits per heavy atom. The van der Waals surface area contributed by atoms with Crippen LogP contribution in [-0.4, -0.2) is 81.6 Å². The molecule has 0 aliphatic carbocycles. The second-order valence-electron chi connectivity index (χ2n) is 6.85. The summed E-state index contributed by atoms with van der Waals surface area (Å²) in [5, 5.41) is 35.0. The summed E-state index contributed by atoms with van der Waals surface area (Å²) < 4.78 is 0.